The van der Waals surface area contributed by atoms with Crippen LogP contribution in [-0.2, 0) is 9.53 Å². The minimum Gasteiger partial charge on any atom is -0.453 e. The van der Waals surface area contributed by atoms with Gasteiger partial charge in [0.1, 0.15) is 5.82 Å². The molecule has 1 fully saturated rings. The van der Waals surface area contributed by atoms with Gasteiger partial charge in [0.15, 0.2) is 0 Å². The van der Waals surface area contributed by atoms with E-state index in [2.05, 4.69) is 41.2 Å². The molecular weight excluding hydrogens is 332 g/mol. The minimum absolute atomic E-state index is 0.139. The number of hydrogen-bond acceptors (Lipinski definition) is 4. The molecule has 150 valence electrons. The predicted molar refractivity (Wildman–Crippen MR) is 104 cm³/mol. The molecule has 1 aliphatic heterocycles. The fraction of sp³-hybridized carbons (Fsp3) is 0.737. The van der Waals surface area contributed by atoms with E-state index < -0.39 is 6.09 Å². The van der Waals surface area contributed by atoms with Gasteiger partial charge in [0.05, 0.1) is 13.2 Å². The molecule has 0 bridgehead atoms. The third kappa shape index (κ3) is 7.45. The summed E-state index contributed by atoms with van der Waals surface area (Å²) in [7, 11) is 1.22. The Bertz CT molecular complexity index is 545. The van der Waals surface area contributed by atoms with Crippen molar-refractivity contribution in [3.8, 4) is 0 Å². The molecule has 1 aromatic rings. The highest BCUT2D eigenvalue weighted by atomic mass is 16.5. The highest BCUT2D eigenvalue weighted by molar-refractivity contribution is 5.77. The van der Waals surface area contributed by atoms with E-state index in [1.165, 1.54) is 7.11 Å². The second-order valence-corrected chi connectivity index (χ2v) is 6.44. The second kappa shape index (κ2) is 12.3. The van der Waals surface area contributed by atoms with Crippen LogP contribution in [0.25, 0.3) is 0 Å². The van der Waals surface area contributed by atoms with Gasteiger partial charge < -0.3 is 20.4 Å². The first-order valence-corrected chi connectivity index (χ1v) is 9.46. The third-order valence-electron chi connectivity index (χ3n) is 4.42. The number of nitrogens with two attached hydrogens (primary N) is 1. The van der Waals surface area contributed by atoms with Crippen LogP contribution in [0, 0.1) is 12.8 Å². The Morgan fingerprint density at radius 1 is 1.42 bits per heavy atom. The Morgan fingerprint density at radius 3 is 2.42 bits per heavy atom. The van der Waals surface area contributed by atoms with Crippen LogP contribution in [0.15, 0.2) is 6.20 Å². The molecule has 26 heavy (non-hydrogen) atoms. The number of likely N-dealkylation sites (tertiary alicyclic amines) is 1. The van der Waals surface area contributed by atoms with E-state index in [9.17, 15) is 9.59 Å². The number of rotatable bonds is 4. The fourth-order valence-corrected chi connectivity index (χ4v) is 2.82. The summed E-state index contributed by atoms with van der Waals surface area (Å²) in [5.41, 5.74) is 5.49. The van der Waals surface area contributed by atoms with Crippen LogP contribution in [0.1, 0.15) is 77.9 Å². The quantitative estimate of drug-likeness (QED) is 0.840. The molecule has 0 aliphatic carbocycles. The molecule has 7 nitrogen and oxygen atoms in total. The topological polar surface area (TPSA) is 101 Å². The number of nitrogens with zero attached hydrogens (tertiary/aromatic N) is 2. The molecule has 0 spiro atoms. The molecule has 0 radical (unpaired) electrons. The van der Waals surface area contributed by atoms with Gasteiger partial charge in [-0.1, -0.05) is 34.1 Å². The van der Waals surface area contributed by atoms with Crippen molar-refractivity contribution >= 4 is 12.0 Å². The first-order chi connectivity index (χ1) is 12.3. The molecule has 0 saturated carbocycles. The van der Waals surface area contributed by atoms with Crippen LogP contribution < -0.4 is 5.73 Å². The lowest BCUT2D eigenvalue weighted by Crippen LogP contribution is -2.36. The number of nitrogens with one attached hydrogen (secondary N) is 1. The summed E-state index contributed by atoms with van der Waals surface area (Å²) >= 11 is 0. The number of aryl methyl sites for hydroxylation is 1. The Morgan fingerprint density at radius 2 is 2.00 bits per heavy atom. The summed E-state index contributed by atoms with van der Waals surface area (Å²) in [6.07, 6.45) is 4.88. The average molecular weight is 369 g/mol. The first kappa shape index (κ1) is 23.9. The van der Waals surface area contributed by atoms with Crippen molar-refractivity contribution in [3.63, 3.8) is 0 Å². The molecule has 2 rings (SSSR count). The standard InChI is InChI=1S/C15H25N3O.C2H5NO2.C2H6/c1-5-10(2)8-14(19)18-12(4)6-7-13(18)15-16-9-11(3)17-15;1-5-2(3)4;1-2/h9-10,12-13H,5-8H2,1-4H3,(H,16,17);1H3,(H2,3,4);1-2H3/t10?,12-,13?;;/m0../s1. The maximum Gasteiger partial charge on any atom is 0.404 e. The fourth-order valence-electron chi connectivity index (χ4n) is 2.82. The van der Waals surface area contributed by atoms with Crippen LogP contribution in [0.2, 0.25) is 0 Å². The molecule has 2 unspecified atom stereocenters. The summed E-state index contributed by atoms with van der Waals surface area (Å²) in [6.45, 7) is 12.4. The zero-order chi connectivity index (χ0) is 20.3. The Labute approximate surface area is 157 Å². The predicted octanol–water partition coefficient (Wildman–Crippen LogP) is 3.94. The number of amides is 2. The van der Waals surface area contributed by atoms with E-state index in [1.54, 1.807) is 0 Å². The van der Waals surface area contributed by atoms with Gasteiger partial charge in [-0.2, -0.15) is 0 Å². The lowest BCUT2D eigenvalue weighted by Gasteiger charge is -2.28. The summed E-state index contributed by atoms with van der Waals surface area (Å²) < 4.78 is 3.89. The van der Waals surface area contributed by atoms with Crippen molar-refractivity contribution < 1.29 is 14.3 Å². The van der Waals surface area contributed by atoms with Gasteiger partial charge in [-0.3, -0.25) is 4.79 Å². The lowest BCUT2D eigenvalue weighted by atomic mass is 10.0. The van der Waals surface area contributed by atoms with Crippen LogP contribution in [0.4, 0.5) is 4.79 Å². The number of carbonyl (C=O) groups is 2. The largest absolute Gasteiger partial charge is 0.453 e. The molecule has 1 aliphatic rings. The first-order valence-electron chi connectivity index (χ1n) is 9.46. The Kier molecular flexibility index (Phi) is 11.4. The summed E-state index contributed by atoms with van der Waals surface area (Å²) in [6, 6.07) is 0.465. The molecule has 1 aromatic heterocycles. The zero-order valence-electron chi connectivity index (χ0n) is 17.3. The summed E-state index contributed by atoms with van der Waals surface area (Å²) in [4.78, 5) is 31.6. The SMILES string of the molecule is CC.CCC(C)CC(=O)N1C(c2ncc(C)[nH]2)CC[C@@H]1C.COC(N)=O. The van der Waals surface area contributed by atoms with E-state index in [4.69, 9.17) is 0 Å². The van der Waals surface area contributed by atoms with Crippen molar-refractivity contribution in [3.05, 3.63) is 17.7 Å². The third-order valence-corrected chi connectivity index (χ3v) is 4.42. The smallest absolute Gasteiger partial charge is 0.404 e. The van der Waals surface area contributed by atoms with E-state index in [0.717, 1.165) is 30.8 Å². The van der Waals surface area contributed by atoms with Crippen molar-refractivity contribution in [2.45, 2.75) is 79.3 Å². The Balaban J connectivity index is 0.000000772. The highest BCUT2D eigenvalue weighted by Crippen LogP contribution is 2.35. The maximum atomic E-state index is 12.5. The molecule has 1 saturated heterocycles. The van der Waals surface area contributed by atoms with Gasteiger partial charge in [0.25, 0.3) is 0 Å². The number of imidazole rings is 1. The van der Waals surface area contributed by atoms with Crippen molar-refractivity contribution in [1.82, 2.24) is 14.9 Å². The van der Waals surface area contributed by atoms with Crippen LogP contribution in [0.5, 0.6) is 0 Å². The molecule has 2 amide bonds. The summed E-state index contributed by atoms with van der Waals surface area (Å²) in [5.74, 6) is 1.68. The highest BCUT2D eigenvalue weighted by Gasteiger charge is 2.36. The van der Waals surface area contributed by atoms with Crippen molar-refractivity contribution in [2.75, 3.05) is 7.11 Å². The molecule has 2 heterocycles. The second-order valence-electron chi connectivity index (χ2n) is 6.44. The molecule has 0 aromatic carbocycles. The molecular formula is C19H36N4O3. The number of aromatic nitrogens is 2. The number of primary amides is 1. The van der Waals surface area contributed by atoms with Gasteiger partial charge in [0, 0.05) is 24.4 Å². The molecule has 3 atom stereocenters. The van der Waals surface area contributed by atoms with Gasteiger partial charge >= 0.3 is 6.09 Å². The van der Waals surface area contributed by atoms with E-state index in [1.807, 2.05) is 31.9 Å². The van der Waals surface area contributed by atoms with Gasteiger partial charge in [-0.15, -0.1) is 0 Å². The zero-order valence-corrected chi connectivity index (χ0v) is 17.3. The van der Waals surface area contributed by atoms with Crippen molar-refractivity contribution in [1.29, 1.82) is 0 Å². The van der Waals surface area contributed by atoms with Gasteiger partial charge in [-0.25, -0.2) is 9.78 Å². The van der Waals surface area contributed by atoms with E-state index in [0.29, 0.717) is 18.4 Å². The number of aromatic amines is 1. The number of methoxy groups -OCH3 is 1. The van der Waals surface area contributed by atoms with Crippen LogP contribution >= 0.6 is 0 Å². The number of ether oxygens (including phenoxy) is 1. The van der Waals surface area contributed by atoms with Gasteiger partial charge in [-0.05, 0) is 32.6 Å². The Hall–Kier alpha value is -2.05. The average Bonchev–Trinajstić information content (AvgIpc) is 3.22. The minimum atomic E-state index is -0.745. The monoisotopic (exact) mass is 368 g/mol. The van der Waals surface area contributed by atoms with Crippen molar-refractivity contribution in [2.24, 2.45) is 11.7 Å². The normalized spacial score (nSPS) is 19.6. The number of carbonyl (C=O) groups excluding carboxylic acids is 2. The molecule has 7 heteroatoms. The van der Waals surface area contributed by atoms with E-state index >= 15 is 0 Å². The van der Waals surface area contributed by atoms with Gasteiger partial charge in [0.2, 0.25) is 5.91 Å². The summed E-state index contributed by atoms with van der Waals surface area (Å²) in [5, 5.41) is 0. The van der Waals surface area contributed by atoms with Crippen LogP contribution in [-0.4, -0.2) is 40.0 Å². The van der Waals surface area contributed by atoms with Crippen LogP contribution in [0.3, 0.4) is 0 Å². The number of hydrogen-bond donors (Lipinski definition) is 2. The lowest BCUT2D eigenvalue weighted by molar-refractivity contribution is -0.135. The number of H-pyrrole nitrogens is 1. The van der Waals surface area contributed by atoms with E-state index in [-0.39, 0.29) is 11.9 Å². The maximum absolute atomic E-state index is 12.5. The molecule has 3 N–H and O–H groups in total.